The Morgan fingerprint density at radius 1 is 0.450 bits per heavy atom. The molecule has 12 heteroatoms. The Hall–Kier alpha value is -3.70. The monoisotopic (exact) mass is 700 g/mol. The largest absolute Gasteiger partial charge is 0.397 e. The van der Waals surface area contributed by atoms with Crippen molar-refractivity contribution < 1.29 is 19.2 Å². The summed E-state index contributed by atoms with van der Waals surface area (Å²) in [4.78, 5) is 50.1. The summed E-state index contributed by atoms with van der Waals surface area (Å²) in [5, 5.41) is -0.0214. The molecule has 200 valence electrons. The molecular formula is C28H16Br2Cl2N4O4. The van der Waals surface area contributed by atoms with E-state index in [0.717, 1.165) is 0 Å². The lowest BCUT2D eigenvalue weighted by atomic mass is 9.82. The number of ketones is 4. The first-order valence-electron chi connectivity index (χ1n) is 11.4. The Bertz CT molecular complexity index is 1610. The molecule has 0 aliphatic heterocycles. The minimum Gasteiger partial charge on any atom is -0.397 e. The molecule has 8 nitrogen and oxygen atoms in total. The van der Waals surface area contributed by atoms with Crippen LogP contribution in [0.15, 0.2) is 57.5 Å². The van der Waals surface area contributed by atoms with Crippen molar-refractivity contribution in [1.29, 1.82) is 0 Å². The van der Waals surface area contributed by atoms with Gasteiger partial charge in [0, 0.05) is 22.3 Å². The SMILES string of the molecule is Nc1c(Br)c(Br)c(N)c2c1C(=O)c1ccccc1C2=O.Nc1c(Cl)c(Cl)c(N)c2c1C(=O)c1ccccc1C2=O. The van der Waals surface area contributed by atoms with Gasteiger partial charge in [0.1, 0.15) is 0 Å². The van der Waals surface area contributed by atoms with Crippen LogP contribution in [-0.4, -0.2) is 23.1 Å². The minimum absolute atomic E-state index is 0.0107. The quantitative estimate of drug-likeness (QED) is 0.138. The fraction of sp³-hybridized carbons (Fsp3) is 0. The highest BCUT2D eigenvalue weighted by Crippen LogP contribution is 2.45. The van der Waals surface area contributed by atoms with Crippen molar-refractivity contribution in [2.24, 2.45) is 0 Å². The number of anilines is 4. The maximum Gasteiger partial charge on any atom is 0.196 e. The van der Waals surface area contributed by atoms with E-state index in [1.54, 1.807) is 48.5 Å². The van der Waals surface area contributed by atoms with E-state index >= 15 is 0 Å². The zero-order valence-corrected chi connectivity index (χ0v) is 24.8. The van der Waals surface area contributed by atoms with Gasteiger partial charge >= 0.3 is 0 Å². The normalized spacial score (nSPS) is 13.1. The Labute approximate surface area is 253 Å². The zero-order chi connectivity index (χ0) is 29.2. The standard InChI is InChI=1S/C14H8Br2N2O2.C14H8Cl2N2O2/c2*15-9-10(16)12(18)8-7(11(9)17)13(19)5-3-1-2-4-6(5)14(8)20/h2*1-4H,17-18H2. The lowest BCUT2D eigenvalue weighted by Crippen LogP contribution is -2.24. The maximum atomic E-state index is 12.6. The number of halogens is 4. The molecule has 0 aromatic heterocycles. The third-order valence-corrected chi connectivity index (χ3v) is 9.71. The number of benzene rings is 4. The molecule has 2 aliphatic rings. The molecule has 0 bridgehead atoms. The summed E-state index contributed by atoms with van der Waals surface area (Å²) < 4.78 is 0.962. The Balaban J connectivity index is 0.000000161. The molecule has 0 radical (unpaired) electrons. The van der Waals surface area contributed by atoms with Crippen LogP contribution in [0.25, 0.3) is 0 Å². The minimum atomic E-state index is -0.377. The second kappa shape index (κ2) is 10.0. The number of rotatable bonds is 0. The van der Waals surface area contributed by atoms with Gasteiger partial charge in [-0.1, -0.05) is 71.7 Å². The Morgan fingerprint density at radius 3 is 0.925 bits per heavy atom. The third kappa shape index (κ3) is 3.94. The van der Waals surface area contributed by atoms with Crippen LogP contribution in [-0.2, 0) is 0 Å². The zero-order valence-electron chi connectivity index (χ0n) is 20.1. The van der Waals surface area contributed by atoms with E-state index in [-0.39, 0.29) is 89.3 Å². The highest BCUT2D eigenvalue weighted by molar-refractivity contribution is 9.13. The molecular weight excluding hydrogens is 687 g/mol. The van der Waals surface area contributed by atoms with Crippen LogP contribution in [0.4, 0.5) is 22.7 Å². The van der Waals surface area contributed by atoms with Crippen molar-refractivity contribution in [3.63, 3.8) is 0 Å². The molecule has 0 saturated carbocycles. The molecule has 4 aromatic carbocycles. The molecule has 4 aromatic rings. The van der Waals surface area contributed by atoms with Crippen LogP contribution in [0, 0.1) is 0 Å². The second-order valence-electron chi connectivity index (χ2n) is 8.82. The second-order valence-corrected chi connectivity index (χ2v) is 11.2. The highest BCUT2D eigenvalue weighted by Gasteiger charge is 2.36. The average Bonchev–Trinajstić information content (AvgIpc) is 2.96. The van der Waals surface area contributed by atoms with Crippen molar-refractivity contribution in [2.75, 3.05) is 22.9 Å². The van der Waals surface area contributed by atoms with Crippen LogP contribution in [0.3, 0.4) is 0 Å². The molecule has 0 amide bonds. The van der Waals surface area contributed by atoms with Gasteiger partial charge in [-0.15, -0.1) is 0 Å². The first-order valence-corrected chi connectivity index (χ1v) is 13.7. The van der Waals surface area contributed by atoms with Gasteiger partial charge in [-0.3, -0.25) is 19.2 Å². The van der Waals surface area contributed by atoms with Gasteiger partial charge in [0.05, 0.1) is 64.0 Å². The van der Waals surface area contributed by atoms with E-state index in [1.165, 1.54) is 0 Å². The fourth-order valence-corrected chi connectivity index (χ4v) is 5.91. The van der Waals surface area contributed by atoms with Gasteiger partial charge in [-0.05, 0) is 31.9 Å². The summed E-state index contributed by atoms with van der Waals surface area (Å²) in [6, 6.07) is 13.1. The van der Waals surface area contributed by atoms with Gasteiger partial charge in [-0.25, -0.2) is 0 Å². The van der Waals surface area contributed by atoms with E-state index in [1.807, 2.05) is 0 Å². The van der Waals surface area contributed by atoms with Crippen molar-refractivity contribution in [3.8, 4) is 0 Å². The predicted molar refractivity (Wildman–Crippen MR) is 163 cm³/mol. The molecule has 0 fully saturated rings. The summed E-state index contributed by atoms with van der Waals surface area (Å²) in [6.07, 6.45) is 0. The topological polar surface area (TPSA) is 172 Å². The van der Waals surface area contributed by atoms with Crippen LogP contribution >= 0.6 is 55.1 Å². The van der Waals surface area contributed by atoms with Crippen molar-refractivity contribution in [1.82, 2.24) is 0 Å². The Kier molecular flexibility index (Phi) is 6.99. The Morgan fingerprint density at radius 2 is 0.675 bits per heavy atom. The number of nitrogens with two attached hydrogens (primary N) is 4. The maximum absolute atomic E-state index is 12.6. The van der Waals surface area contributed by atoms with E-state index in [2.05, 4.69) is 31.9 Å². The average molecular weight is 703 g/mol. The third-order valence-electron chi connectivity index (χ3n) is 6.65. The lowest BCUT2D eigenvalue weighted by Gasteiger charge is -2.22. The molecule has 0 spiro atoms. The van der Waals surface area contributed by atoms with Gasteiger partial charge in [0.15, 0.2) is 23.1 Å². The van der Waals surface area contributed by atoms with Crippen molar-refractivity contribution >= 4 is 101 Å². The number of hydrogen-bond acceptors (Lipinski definition) is 8. The molecule has 0 saturated heterocycles. The number of fused-ring (bicyclic) bond motifs is 4. The molecule has 40 heavy (non-hydrogen) atoms. The van der Waals surface area contributed by atoms with Gasteiger partial charge in [0.2, 0.25) is 0 Å². The molecule has 0 unspecified atom stereocenters. The summed E-state index contributed by atoms with van der Waals surface area (Å²) >= 11 is 18.5. The van der Waals surface area contributed by atoms with Crippen LogP contribution in [0.1, 0.15) is 63.7 Å². The predicted octanol–water partition coefficient (Wildman–Crippen LogP) is 6.08. The summed E-state index contributed by atoms with van der Waals surface area (Å²) in [6.45, 7) is 0. The fourth-order valence-electron chi connectivity index (χ4n) is 4.69. The van der Waals surface area contributed by atoms with Crippen molar-refractivity contribution in [2.45, 2.75) is 0 Å². The first-order chi connectivity index (χ1) is 18.9. The molecule has 2 aliphatic carbocycles. The lowest BCUT2D eigenvalue weighted by molar-refractivity contribution is 0.0980. The summed E-state index contributed by atoms with van der Waals surface area (Å²) in [5.41, 5.74) is 25.7. The molecule has 6 rings (SSSR count). The van der Waals surface area contributed by atoms with E-state index in [0.29, 0.717) is 20.1 Å². The van der Waals surface area contributed by atoms with E-state index in [9.17, 15) is 19.2 Å². The summed E-state index contributed by atoms with van der Waals surface area (Å²) in [7, 11) is 0. The number of carbonyl (C=O) groups excluding carboxylic acids is 4. The van der Waals surface area contributed by atoms with Crippen molar-refractivity contribution in [3.05, 3.63) is 112 Å². The first kappa shape index (κ1) is 27.9. The van der Waals surface area contributed by atoms with Crippen LogP contribution < -0.4 is 22.9 Å². The summed E-state index contributed by atoms with van der Waals surface area (Å²) in [5.74, 6) is -1.32. The van der Waals surface area contributed by atoms with E-state index in [4.69, 9.17) is 46.1 Å². The number of nitrogen functional groups attached to an aromatic ring is 4. The molecule has 0 heterocycles. The van der Waals surface area contributed by atoms with Gasteiger partial charge < -0.3 is 22.9 Å². The van der Waals surface area contributed by atoms with Crippen LogP contribution in [0.2, 0.25) is 10.0 Å². The van der Waals surface area contributed by atoms with E-state index < -0.39 is 0 Å². The number of carbonyl (C=O) groups is 4. The van der Waals surface area contributed by atoms with Gasteiger partial charge in [-0.2, -0.15) is 0 Å². The molecule has 8 N–H and O–H groups in total. The van der Waals surface area contributed by atoms with Gasteiger partial charge in [0.25, 0.3) is 0 Å². The smallest absolute Gasteiger partial charge is 0.196 e. The highest BCUT2D eigenvalue weighted by atomic mass is 79.9. The number of hydrogen-bond donors (Lipinski definition) is 4. The molecule has 0 atom stereocenters. The van der Waals surface area contributed by atoms with Crippen LogP contribution in [0.5, 0.6) is 0 Å².